The average molecular weight is 372 g/mol. The summed E-state index contributed by atoms with van der Waals surface area (Å²) in [6, 6.07) is 9.31. The Kier molecular flexibility index (Phi) is 6.10. The third-order valence-electron chi connectivity index (χ3n) is 4.24. The van der Waals surface area contributed by atoms with Crippen molar-refractivity contribution in [1.29, 1.82) is 0 Å². The molecule has 0 spiro atoms. The zero-order chi connectivity index (χ0) is 13.7. The first-order valence-electron chi connectivity index (χ1n) is 7.40. The van der Waals surface area contributed by atoms with Crippen LogP contribution in [0.3, 0.4) is 0 Å². The highest BCUT2D eigenvalue weighted by molar-refractivity contribution is 14.1. The van der Waals surface area contributed by atoms with E-state index in [4.69, 9.17) is 0 Å². The van der Waals surface area contributed by atoms with Crippen molar-refractivity contribution in [3.8, 4) is 0 Å². The Labute approximate surface area is 131 Å². The van der Waals surface area contributed by atoms with Gasteiger partial charge in [0.25, 0.3) is 0 Å². The number of hydrogen-bond acceptors (Lipinski definition) is 2. The van der Waals surface area contributed by atoms with Crippen molar-refractivity contribution in [3.63, 3.8) is 0 Å². The molecule has 1 saturated heterocycles. The molecule has 1 N–H and O–H groups in total. The van der Waals surface area contributed by atoms with Gasteiger partial charge in [-0.05, 0) is 92.1 Å². The zero-order valence-electron chi connectivity index (χ0n) is 12.0. The average Bonchev–Trinajstić information content (AvgIpc) is 2.46. The molecule has 106 valence electrons. The molecule has 2 rings (SSSR count). The van der Waals surface area contributed by atoms with E-state index >= 15 is 0 Å². The van der Waals surface area contributed by atoms with Crippen LogP contribution in [0.25, 0.3) is 0 Å². The SMILES string of the molecule is CCN1CCC(CNC(C)c2ccc(I)cc2)CC1. The van der Waals surface area contributed by atoms with Gasteiger partial charge in [-0.15, -0.1) is 0 Å². The Morgan fingerprint density at radius 2 is 1.89 bits per heavy atom. The lowest BCUT2D eigenvalue weighted by Crippen LogP contribution is -2.37. The van der Waals surface area contributed by atoms with E-state index < -0.39 is 0 Å². The standard InChI is InChI=1S/C16H25IN2/c1-3-19-10-8-14(9-11-19)12-18-13(2)15-4-6-16(17)7-5-15/h4-7,13-14,18H,3,8-12H2,1-2H3. The van der Waals surface area contributed by atoms with E-state index in [-0.39, 0.29) is 0 Å². The number of hydrogen-bond donors (Lipinski definition) is 1. The molecular formula is C16H25IN2. The molecule has 1 heterocycles. The van der Waals surface area contributed by atoms with Gasteiger partial charge in [-0.2, -0.15) is 0 Å². The van der Waals surface area contributed by atoms with Crippen LogP contribution < -0.4 is 5.32 Å². The number of nitrogens with one attached hydrogen (secondary N) is 1. The van der Waals surface area contributed by atoms with Gasteiger partial charge in [0.2, 0.25) is 0 Å². The molecule has 1 atom stereocenters. The highest BCUT2D eigenvalue weighted by Gasteiger charge is 2.18. The van der Waals surface area contributed by atoms with E-state index in [1.165, 1.54) is 41.6 Å². The summed E-state index contributed by atoms with van der Waals surface area (Å²) in [7, 11) is 0. The Hall–Kier alpha value is -0.130. The van der Waals surface area contributed by atoms with Crippen LogP contribution in [0.15, 0.2) is 24.3 Å². The summed E-state index contributed by atoms with van der Waals surface area (Å²) in [5.74, 6) is 0.856. The van der Waals surface area contributed by atoms with Crippen LogP contribution >= 0.6 is 22.6 Å². The lowest BCUT2D eigenvalue weighted by molar-refractivity contribution is 0.188. The van der Waals surface area contributed by atoms with Gasteiger partial charge >= 0.3 is 0 Å². The lowest BCUT2D eigenvalue weighted by atomic mass is 9.96. The first kappa shape index (κ1) is 15.3. The van der Waals surface area contributed by atoms with Gasteiger partial charge in [0.05, 0.1) is 0 Å². The molecule has 0 saturated carbocycles. The minimum Gasteiger partial charge on any atom is -0.310 e. The maximum absolute atomic E-state index is 3.70. The van der Waals surface area contributed by atoms with Crippen LogP contribution in [0.4, 0.5) is 0 Å². The summed E-state index contributed by atoms with van der Waals surface area (Å²) in [4.78, 5) is 2.55. The minimum absolute atomic E-state index is 0.459. The number of benzene rings is 1. The summed E-state index contributed by atoms with van der Waals surface area (Å²) in [5.41, 5.74) is 1.39. The maximum atomic E-state index is 3.70. The molecule has 0 aromatic heterocycles. The Morgan fingerprint density at radius 1 is 1.26 bits per heavy atom. The van der Waals surface area contributed by atoms with Crippen LogP contribution in [0.1, 0.15) is 38.3 Å². The molecule has 3 heteroatoms. The molecule has 1 aromatic carbocycles. The second-order valence-electron chi connectivity index (χ2n) is 5.56. The van der Waals surface area contributed by atoms with Crippen molar-refractivity contribution >= 4 is 22.6 Å². The van der Waals surface area contributed by atoms with Gasteiger partial charge in [0.15, 0.2) is 0 Å². The topological polar surface area (TPSA) is 15.3 Å². The van der Waals surface area contributed by atoms with Crippen LogP contribution in [-0.2, 0) is 0 Å². The molecule has 1 aromatic rings. The molecule has 1 unspecified atom stereocenters. The van der Waals surface area contributed by atoms with Crippen molar-refractivity contribution in [2.45, 2.75) is 32.7 Å². The van der Waals surface area contributed by atoms with Crippen molar-refractivity contribution in [3.05, 3.63) is 33.4 Å². The van der Waals surface area contributed by atoms with Gasteiger partial charge in [0, 0.05) is 9.61 Å². The Morgan fingerprint density at radius 3 is 2.47 bits per heavy atom. The summed E-state index contributed by atoms with van der Waals surface area (Å²) in [5, 5.41) is 3.70. The fourth-order valence-electron chi connectivity index (χ4n) is 2.72. The Balaban J connectivity index is 1.75. The predicted molar refractivity (Wildman–Crippen MR) is 90.4 cm³/mol. The fourth-order valence-corrected chi connectivity index (χ4v) is 3.08. The molecule has 1 fully saturated rings. The fraction of sp³-hybridized carbons (Fsp3) is 0.625. The lowest BCUT2D eigenvalue weighted by Gasteiger charge is -2.31. The molecule has 1 aliphatic heterocycles. The molecule has 0 bridgehead atoms. The normalized spacial score (nSPS) is 19.5. The van der Waals surface area contributed by atoms with E-state index in [2.05, 4.69) is 70.9 Å². The first-order valence-corrected chi connectivity index (χ1v) is 8.48. The molecular weight excluding hydrogens is 347 g/mol. The van der Waals surface area contributed by atoms with Crippen LogP contribution in [0.5, 0.6) is 0 Å². The van der Waals surface area contributed by atoms with Crippen LogP contribution in [-0.4, -0.2) is 31.1 Å². The van der Waals surface area contributed by atoms with E-state index in [0.29, 0.717) is 6.04 Å². The molecule has 19 heavy (non-hydrogen) atoms. The Bertz CT molecular complexity index is 369. The van der Waals surface area contributed by atoms with Crippen molar-refractivity contribution in [2.24, 2.45) is 5.92 Å². The van der Waals surface area contributed by atoms with Crippen LogP contribution in [0, 0.1) is 9.49 Å². The van der Waals surface area contributed by atoms with Gasteiger partial charge < -0.3 is 10.2 Å². The molecule has 1 aliphatic rings. The third-order valence-corrected chi connectivity index (χ3v) is 4.96. The van der Waals surface area contributed by atoms with Gasteiger partial charge in [-0.3, -0.25) is 0 Å². The molecule has 2 nitrogen and oxygen atoms in total. The first-order chi connectivity index (χ1) is 9.19. The van der Waals surface area contributed by atoms with E-state index in [1.54, 1.807) is 0 Å². The second-order valence-corrected chi connectivity index (χ2v) is 6.80. The maximum Gasteiger partial charge on any atom is 0.0291 e. The smallest absolute Gasteiger partial charge is 0.0291 e. The highest BCUT2D eigenvalue weighted by Crippen LogP contribution is 2.19. The van der Waals surface area contributed by atoms with Gasteiger partial charge in [-0.1, -0.05) is 19.1 Å². The van der Waals surface area contributed by atoms with Crippen molar-refractivity contribution in [2.75, 3.05) is 26.2 Å². The number of rotatable bonds is 5. The third kappa shape index (κ3) is 4.72. The molecule has 0 amide bonds. The van der Waals surface area contributed by atoms with E-state index in [0.717, 1.165) is 12.5 Å². The summed E-state index contributed by atoms with van der Waals surface area (Å²) in [6.07, 6.45) is 2.69. The number of halogens is 1. The summed E-state index contributed by atoms with van der Waals surface area (Å²) < 4.78 is 1.31. The van der Waals surface area contributed by atoms with Crippen molar-refractivity contribution < 1.29 is 0 Å². The number of nitrogens with zero attached hydrogens (tertiary/aromatic N) is 1. The quantitative estimate of drug-likeness (QED) is 0.794. The minimum atomic E-state index is 0.459. The monoisotopic (exact) mass is 372 g/mol. The summed E-state index contributed by atoms with van der Waals surface area (Å²) in [6.45, 7) is 9.45. The molecule has 0 radical (unpaired) electrons. The van der Waals surface area contributed by atoms with Gasteiger partial charge in [0.1, 0.15) is 0 Å². The van der Waals surface area contributed by atoms with E-state index in [9.17, 15) is 0 Å². The molecule has 0 aliphatic carbocycles. The second kappa shape index (κ2) is 7.60. The zero-order valence-corrected chi connectivity index (χ0v) is 14.2. The van der Waals surface area contributed by atoms with Crippen molar-refractivity contribution in [1.82, 2.24) is 10.2 Å². The largest absolute Gasteiger partial charge is 0.310 e. The summed E-state index contributed by atoms with van der Waals surface area (Å²) >= 11 is 2.36. The predicted octanol–water partition coefficient (Wildman–Crippen LogP) is 3.67. The van der Waals surface area contributed by atoms with E-state index in [1.807, 2.05) is 0 Å². The van der Waals surface area contributed by atoms with Crippen LogP contribution in [0.2, 0.25) is 0 Å². The number of likely N-dealkylation sites (tertiary alicyclic amines) is 1. The van der Waals surface area contributed by atoms with Gasteiger partial charge in [-0.25, -0.2) is 0 Å². The number of piperidine rings is 1. The highest BCUT2D eigenvalue weighted by atomic mass is 127.